The van der Waals surface area contributed by atoms with Crippen molar-refractivity contribution in [2.24, 2.45) is 0 Å². The number of hydrogen-bond donors (Lipinski definition) is 2. The zero-order valence-electron chi connectivity index (χ0n) is 13.8. The summed E-state index contributed by atoms with van der Waals surface area (Å²) in [6, 6.07) is 11.6. The molecule has 132 valence electrons. The highest BCUT2D eigenvalue weighted by molar-refractivity contribution is 6.35. The average molecular weight is 381 g/mol. The Hall–Kier alpha value is -2.24. The topological polar surface area (TPSA) is 67.4 Å². The maximum atomic E-state index is 12.0. The number of hydrogen-bond acceptors (Lipinski definition) is 3. The summed E-state index contributed by atoms with van der Waals surface area (Å²) in [7, 11) is 0. The van der Waals surface area contributed by atoms with E-state index in [1.54, 1.807) is 42.5 Å². The monoisotopic (exact) mass is 380 g/mol. The minimum atomic E-state index is -0.462. The maximum Gasteiger partial charge on any atom is 0.233 e. The van der Waals surface area contributed by atoms with Crippen LogP contribution >= 0.6 is 23.2 Å². The lowest BCUT2D eigenvalue weighted by atomic mass is 10.2. The maximum absolute atomic E-state index is 12.0. The Balaban J connectivity index is 1.87. The lowest BCUT2D eigenvalue weighted by molar-refractivity contribution is -0.123. The summed E-state index contributed by atoms with van der Waals surface area (Å²) in [4.78, 5) is 23.9. The van der Waals surface area contributed by atoms with Gasteiger partial charge in [0.2, 0.25) is 11.8 Å². The molecule has 0 unspecified atom stereocenters. The van der Waals surface area contributed by atoms with Gasteiger partial charge in [0.25, 0.3) is 0 Å². The third-order valence-electron chi connectivity index (χ3n) is 2.98. The summed E-state index contributed by atoms with van der Waals surface area (Å²) < 4.78 is 5.53. The lowest BCUT2D eigenvalue weighted by Crippen LogP contribution is -2.21. The van der Waals surface area contributed by atoms with Crippen molar-refractivity contribution in [2.75, 3.05) is 10.6 Å². The van der Waals surface area contributed by atoms with Crippen molar-refractivity contribution in [3.8, 4) is 5.75 Å². The zero-order chi connectivity index (χ0) is 18.4. The van der Waals surface area contributed by atoms with Gasteiger partial charge in [-0.15, -0.1) is 0 Å². The molecule has 2 aromatic rings. The molecule has 0 aliphatic heterocycles. The molecule has 2 aromatic carbocycles. The van der Waals surface area contributed by atoms with E-state index in [-0.39, 0.29) is 12.5 Å². The third kappa shape index (κ3) is 6.64. The van der Waals surface area contributed by atoms with Crippen molar-refractivity contribution in [2.45, 2.75) is 26.4 Å². The minimum absolute atomic E-state index is 0.0733. The van der Waals surface area contributed by atoms with E-state index < -0.39 is 11.8 Å². The van der Waals surface area contributed by atoms with Crippen LogP contribution in [0.25, 0.3) is 0 Å². The Labute approximate surface area is 156 Å². The highest BCUT2D eigenvalue weighted by Crippen LogP contribution is 2.22. The van der Waals surface area contributed by atoms with Crippen LogP contribution in [0.1, 0.15) is 20.3 Å². The molecule has 0 aliphatic carbocycles. The molecule has 0 atom stereocenters. The van der Waals surface area contributed by atoms with Crippen LogP contribution in [0.3, 0.4) is 0 Å². The van der Waals surface area contributed by atoms with Crippen molar-refractivity contribution in [1.82, 2.24) is 0 Å². The number of carbonyl (C=O) groups is 2. The van der Waals surface area contributed by atoms with E-state index in [9.17, 15) is 9.59 Å². The quantitative estimate of drug-likeness (QED) is 0.710. The van der Waals surface area contributed by atoms with Crippen molar-refractivity contribution in [1.29, 1.82) is 0 Å². The predicted octanol–water partition coefficient (Wildman–Crippen LogP) is 4.75. The molecule has 0 aliphatic rings. The van der Waals surface area contributed by atoms with Crippen molar-refractivity contribution >= 4 is 46.4 Å². The first-order chi connectivity index (χ1) is 11.8. The van der Waals surface area contributed by atoms with Gasteiger partial charge >= 0.3 is 0 Å². The second-order valence-electron chi connectivity index (χ2n) is 5.62. The number of carbonyl (C=O) groups excluding carboxylic acids is 2. The largest absolute Gasteiger partial charge is 0.491 e. The molecule has 2 rings (SSSR count). The standard InChI is InChI=1S/C18H18Cl2N2O3/c1-11(2)25-16-5-3-14(4-6-16)21-17(23)10-18(24)22-15-8-12(19)7-13(20)9-15/h3-9,11H,10H2,1-2H3,(H,21,23)(H,22,24). The summed E-state index contributed by atoms with van der Waals surface area (Å²) in [6.07, 6.45) is -0.252. The molecule has 0 bridgehead atoms. The second-order valence-corrected chi connectivity index (χ2v) is 6.50. The number of benzene rings is 2. The highest BCUT2D eigenvalue weighted by Gasteiger charge is 2.11. The van der Waals surface area contributed by atoms with E-state index in [0.29, 0.717) is 27.2 Å². The fraction of sp³-hybridized carbons (Fsp3) is 0.222. The van der Waals surface area contributed by atoms with Crippen molar-refractivity contribution < 1.29 is 14.3 Å². The zero-order valence-corrected chi connectivity index (χ0v) is 15.3. The summed E-state index contributed by atoms with van der Waals surface area (Å²) in [5.41, 5.74) is 1.02. The van der Waals surface area contributed by atoms with E-state index in [0.717, 1.165) is 0 Å². The smallest absolute Gasteiger partial charge is 0.233 e. The predicted molar refractivity (Wildman–Crippen MR) is 101 cm³/mol. The van der Waals surface area contributed by atoms with Gasteiger partial charge in [0.15, 0.2) is 0 Å². The Morgan fingerprint density at radius 1 is 0.920 bits per heavy atom. The molecule has 0 saturated carbocycles. The number of nitrogens with one attached hydrogen (secondary N) is 2. The van der Waals surface area contributed by atoms with E-state index in [2.05, 4.69) is 10.6 Å². The highest BCUT2D eigenvalue weighted by atomic mass is 35.5. The van der Waals surface area contributed by atoms with Crippen molar-refractivity contribution in [3.63, 3.8) is 0 Å². The van der Waals surface area contributed by atoms with Gasteiger partial charge in [-0.3, -0.25) is 9.59 Å². The Bertz CT molecular complexity index is 741. The molecule has 0 aromatic heterocycles. The molecular weight excluding hydrogens is 363 g/mol. The van der Waals surface area contributed by atoms with Crippen LogP contribution in [0.2, 0.25) is 10.0 Å². The normalized spacial score (nSPS) is 10.4. The molecule has 0 heterocycles. The van der Waals surface area contributed by atoms with Crippen LogP contribution in [-0.4, -0.2) is 17.9 Å². The van der Waals surface area contributed by atoms with Gasteiger partial charge in [-0.25, -0.2) is 0 Å². The summed E-state index contributed by atoms with van der Waals surface area (Å²) in [6.45, 7) is 3.86. The summed E-state index contributed by atoms with van der Waals surface area (Å²) in [5, 5.41) is 6.03. The fourth-order valence-electron chi connectivity index (χ4n) is 2.07. The second kappa shape index (κ2) is 8.74. The molecule has 0 radical (unpaired) electrons. The summed E-state index contributed by atoms with van der Waals surface area (Å²) in [5.74, 6) is -0.178. The Morgan fingerprint density at radius 2 is 1.44 bits per heavy atom. The van der Waals surface area contributed by atoms with E-state index in [1.165, 1.54) is 0 Å². The number of rotatable bonds is 6. The van der Waals surface area contributed by atoms with E-state index in [1.807, 2.05) is 13.8 Å². The summed E-state index contributed by atoms with van der Waals surface area (Å²) >= 11 is 11.7. The number of anilines is 2. The molecule has 2 amide bonds. The van der Waals surface area contributed by atoms with Crippen molar-refractivity contribution in [3.05, 3.63) is 52.5 Å². The van der Waals surface area contributed by atoms with Gasteiger partial charge in [-0.2, -0.15) is 0 Å². The van der Waals surface area contributed by atoms with Crippen LogP contribution in [0.4, 0.5) is 11.4 Å². The number of ether oxygens (including phenoxy) is 1. The van der Waals surface area contributed by atoms with Crippen LogP contribution in [0.5, 0.6) is 5.75 Å². The molecule has 7 heteroatoms. The molecule has 5 nitrogen and oxygen atoms in total. The van der Waals surface area contributed by atoms with Crippen LogP contribution < -0.4 is 15.4 Å². The first-order valence-corrected chi connectivity index (χ1v) is 8.40. The van der Waals surface area contributed by atoms with Crippen LogP contribution in [0.15, 0.2) is 42.5 Å². The van der Waals surface area contributed by atoms with Gasteiger partial charge in [0.1, 0.15) is 12.2 Å². The van der Waals surface area contributed by atoms with Gasteiger partial charge in [0, 0.05) is 21.4 Å². The molecule has 0 fully saturated rings. The van der Waals surface area contributed by atoms with Crippen LogP contribution in [0, 0.1) is 0 Å². The van der Waals surface area contributed by atoms with E-state index in [4.69, 9.17) is 27.9 Å². The fourth-order valence-corrected chi connectivity index (χ4v) is 2.60. The van der Waals surface area contributed by atoms with Gasteiger partial charge in [-0.1, -0.05) is 23.2 Å². The average Bonchev–Trinajstić information content (AvgIpc) is 2.47. The van der Waals surface area contributed by atoms with Gasteiger partial charge < -0.3 is 15.4 Å². The minimum Gasteiger partial charge on any atom is -0.491 e. The Morgan fingerprint density at radius 3 is 1.96 bits per heavy atom. The molecule has 0 saturated heterocycles. The first kappa shape index (κ1) is 19.1. The first-order valence-electron chi connectivity index (χ1n) is 7.64. The molecule has 25 heavy (non-hydrogen) atoms. The van der Waals surface area contributed by atoms with Gasteiger partial charge in [0.05, 0.1) is 6.10 Å². The number of amides is 2. The number of halogens is 2. The van der Waals surface area contributed by atoms with E-state index >= 15 is 0 Å². The SMILES string of the molecule is CC(C)Oc1ccc(NC(=O)CC(=O)Nc2cc(Cl)cc(Cl)c2)cc1. The Kier molecular flexibility index (Phi) is 6.67. The third-order valence-corrected chi connectivity index (χ3v) is 3.41. The van der Waals surface area contributed by atoms with Crippen LogP contribution in [-0.2, 0) is 9.59 Å². The molecule has 2 N–H and O–H groups in total. The molecular formula is C18H18Cl2N2O3. The van der Waals surface area contributed by atoms with Gasteiger partial charge in [-0.05, 0) is 56.3 Å². The lowest BCUT2D eigenvalue weighted by Gasteiger charge is -2.11. The molecule has 0 spiro atoms.